The van der Waals surface area contributed by atoms with Crippen LogP contribution in [0.4, 0.5) is 0 Å². The lowest BCUT2D eigenvalue weighted by Crippen LogP contribution is -2.45. The van der Waals surface area contributed by atoms with Crippen molar-refractivity contribution in [3.05, 3.63) is 95.8 Å². The Morgan fingerprint density at radius 2 is 1.60 bits per heavy atom. The van der Waals surface area contributed by atoms with E-state index < -0.39 is 0 Å². The van der Waals surface area contributed by atoms with Crippen LogP contribution in [0.2, 0.25) is 0 Å². The van der Waals surface area contributed by atoms with Crippen molar-refractivity contribution >= 4 is 12.0 Å². The lowest BCUT2D eigenvalue weighted by molar-refractivity contribution is -0.127. The summed E-state index contributed by atoms with van der Waals surface area (Å²) in [5.41, 5.74) is 3.57. The molecule has 0 spiro atoms. The highest BCUT2D eigenvalue weighted by Gasteiger charge is 2.23. The first-order chi connectivity index (χ1) is 19.6. The molecule has 40 heavy (non-hydrogen) atoms. The van der Waals surface area contributed by atoms with E-state index in [0.717, 1.165) is 82.3 Å². The van der Waals surface area contributed by atoms with Crippen LogP contribution in [0, 0.1) is 5.92 Å². The first-order valence-corrected chi connectivity index (χ1v) is 14.3. The maximum Gasteiger partial charge on any atom is 0.246 e. The lowest BCUT2D eigenvalue weighted by Gasteiger charge is -2.34. The first-order valence-electron chi connectivity index (χ1n) is 14.3. The van der Waals surface area contributed by atoms with Crippen LogP contribution in [0.25, 0.3) is 6.08 Å². The summed E-state index contributed by atoms with van der Waals surface area (Å²) in [6.07, 6.45) is 9.41. The minimum Gasteiger partial charge on any atom is -0.497 e. The monoisotopic (exact) mass is 540 g/mol. The number of hydrogen-bond acceptors (Lipinski definition) is 6. The van der Waals surface area contributed by atoms with Gasteiger partial charge in [0.15, 0.2) is 0 Å². The molecule has 0 radical (unpaired) electrons. The number of ether oxygens (including phenoxy) is 2. The molecule has 3 heterocycles. The van der Waals surface area contributed by atoms with E-state index >= 15 is 0 Å². The molecule has 7 nitrogen and oxygen atoms in total. The molecule has 1 amide bonds. The molecular weight excluding hydrogens is 500 g/mol. The summed E-state index contributed by atoms with van der Waals surface area (Å²) in [6, 6.07) is 20.4. The topological polar surface area (TPSA) is 58.1 Å². The van der Waals surface area contributed by atoms with Crippen LogP contribution in [0.5, 0.6) is 11.5 Å². The summed E-state index contributed by atoms with van der Waals surface area (Å²) in [7, 11) is 1.65. The van der Waals surface area contributed by atoms with Crippen LogP contribution in [0.15, 0.2) is 79.1 Å². The molecule has 2 aromatic carbocycles. The van der Waals surface area contributed by atoms with Crippen LogP contribution < -0.4 is 9.47 Å². The molecule has 1 atom stereocenters. The largest absolute Gasteiger partial charge is 0.497 e. The predicted octanol–water partition coefficient (Wildman–Crippen LogP) is 4.74. The number of piperidine rings is 1. The van der Waals surface area contributed by atoms with Gasteiger partial charge in [-0.15, -0.1) is 0 Å². The summed E-state index contributed by atoms with van der Waals surface area (Å²) in [4.78, 5) is 24.0. The number of carbonyl (C=O) groups is 1. The molecule has 1 aromatic heterocycles. The summed E-state index contributed by atoms with van der Waals surface area (Å²) in [5, 5.41) is 0. The Kier molecular flexibility index (Phi) is 9.82. The van der Waals surface area contributed by atoms with Crippen molar-refractivity contribution in [1.29, 1.82) is 0 Å². The second-order valence-corrected chi connectivity index (χ2v) is 10.8. The highest BCUT2D eigenvalue weighted by atomic mass is 16.5. The standard InChI is InChI=1S/C33H40N4O3/c1-39-31-11-6-27(7-12-31)10-15-33(38)37-17-3-5-30(25-37)26-40-32-13-8-28(9-14-32)23-35-18-20-36(21-19-35)24-29-4-2-16-34-22-29/h2,4,6-16,22,30H,3,5,17-21,23-26H2,1H3/b15-10+. The van der Waals surface area contributed by atoms with Gasteiger partial charge < -0.3 is 14.4 Å². The van der Waals surface area contributed by atoms with Crippen molar-refractivity contribution in [2.75, 3.05) is 53.0 Å². The molecule has 0 bridgehead atoms. The van der Waals surface area contributed by atoms with Gasteiger partial charge in [-0.25, -0.2) is 0 Å². The number of amides is 1. The van der Waals surface area contributed by atoms with Crippen LogP contribution in [0.3, 0.4) is 0 Å². The highest BCUT2D eigenvalue weighted by Crippen LogP contribution is 2.21. The molecule has 2 aliphatic rings. The number of methoxy groups -OCH3 is 1. The van der Waals surface area contributed by atoms with E-state index in [9.17, 15) is 4.79 Å². The summed E-state index contributed by atoms with van der Waals surface area (Å²) in [5.74, 6) is 2.11. The summed E-state index contributed by atoms with van der Waals surface area (Å²) >= 11 is 0. The minimum absolute atomic E-state index is 0.0581. The van der Waals surface area contributed by atoms with Gasteiger partial charge in [-0.05, 0) is 65.9 Å². The number of carbonyl (C=O) groups excluding carboxylic acids is 1. The Morgan fingerprint density at radius 3 is 2.27 bits per heavy atom. The van der Waals surface area contributed by atoms with Crippen molar-refractivity contribution in [3.63, 3.8) is 0 Å². The average molecular weight is 541 g/mol. The molecule has 2 fully saturated rings. The van der Waals surface area contributed by atoms with Crippen molar-refractivity contribution < 1.29 is 14.3 Å². The van der Waals surface area contributed by atoms with Crippen molar-refractivity contribution in [2.45, 2.75) is 25.9 Å². The second-order valence-electron chi connectivity index (χ2n) is 10.8. The fourth-order valence-electron chi connectivity index (χ4n) is 5.41. The number of aromatic nitrogens is 1. The molecule has 5 rings (SSSR count). The van der Waals surface area contributed by atoms with E-state index in [0.29, 0.717) is 12.5 Å². The SMILES string of the molecule is COc1ccc(/C=C/C(=O)N2CCCC(COc3ccc(CN4CCN(Cc5cccnc5)CC4)cc3)C2)cc1. The Balaban J connectivity index is 1.02. The molecule has 2 saturated heterocycles. The predicted molar refractivity (Wildman–Crippen MR) is 158 cm³/mol. The van der Waals surface area contributed by atoms with E-state index in [1.807, 2.05) is 53.7 Å². The zero-order valence-electron chi connectivity index (χ0n) is 23.5. The molecule has 0 N–H and O–H groups in total. The van der Waals surface area contributed by atoms with E-state index in [2.05, 4.69) is 45.1 Å². The molecular formula is C33H40N4O3. The van der Waals surface area contributed by atoms with E-state index in [4.69, 9.17) is 9.47 Å². The molecule has 1 unspecified atom stereocenters. The van der Waals surface area contributed by atoms with Gasteiger partial charge in [0.05, 0.1) is 13.7 Å². The third-order valence-corrected chi connectivity index (χ3v) is 7.77. The Bertz CT molecular complexity index is 1220. The van der Waals surface area contributed by atoms with Gasteiger partial charge in [-0.2, -0.15) is 0 Å². The first kappa shape index (κ1) is 27.9. The summed E-state index contributed by atoms with van der Waals surface area (Å²) < 4.78 is 11.3. The minimum atomic E-state index is 0.0581. The third-order valence-electron chi connectivity index (χ3n) is 7.77. The average Bonchev–Trinajstić information content (AvgIpc) is 3.01. The quantitative estimate of drug-likeness (QED) is 0.347. The molecule has 210 valence electrons. The van der Waals surface area contributed by atoms with Gasteiger partial charge >= 0.3 is 0 Å². The molecule has 0 saturated carbocycles. The van der Waals surface area contributed by atoms with Gasteiger partial charge in [-0.1, -0.05) is 30.3 Å². The Labute approximate surface area is 238 Å². The number of nitrogens with zero attached hydrogens (tertiary/aromatic N) is 4. The molecule has 2 aliphatic heterocycles. The number of piperazine rings is 1. The van der Waals surface area contributed by atoms with Crippen LogP contribution >= 0.6 is 0 Å². The van der Waals surface area contributed by atoms with E-state index in [1.54, 1.807) is 13.2 Å². The van der Waals surface area contributed by atoms with Crippen LogP contribution in [-0.2, 0) is 17.9 Å². The normalized spacial score (nSPS) is 18.6. The lowest BCUT2D eigenvalue weighted by atomic mass is 9.99. The van der Waals surface area contributed by atoms with Crippen molar-refractivity contribution in [2.24, 2.45) is 5.92 Å². The number of rotatable bonds is 10. The van der Waals surface area contributed by atoms with Gasteiger partial charge in [0.2, 0.25) is 5.91 Å². The van der Waals surface area contributed by atoms with Crippen LogP contribution in [0.1, 0.15) is 29.5 Å². The molecule has 3 aromatic rings. The van der Waals surface area contributed by atoms with Crippen molar-refractivity contribution in [1.82, 2.24) is 19.7 Å². The maximum absolute atomic E-state index is 12.8. The van der Waals surface area contributed by atoms with Gasteiger partial charge in [0, 0.05) is 76.7 Å². The zero-order valence-corrected chi connectivity index (χ0v) is 23.5. The highest BCUT2D eigenvalue weighted by molar-refractivity contribution is 5.91. The van der Waals surface area contributed by atoms with E-state index in [-0.39, 0.29) is 5.91 Å². The summed E-state index contributed by atoms with van der Waals surface area (Å²) in [6.45, 7) is 8.40. The zero-order chi connectivity index (χ0) is 27.6. The van der Waals surface area contributed by atoms with Gasteiger partial charge in [0.1, 0.15) is 11.5 Å². The van der Waals surface area contributed by atoms with Gasteiger partial charge in [-0.3, -0.25) is 19.6 Å². The smallest absolute Gasteiger partial charge is 0.246 e. The number of pyridine rings is 1. The molecule has 7 heteroatoms. The Morgan fingerprint density at radius 1 is 0.900 bits per heavy atom. The number of likely N-dealkylation sites (tertiary alicyclic amines) is 1. The van der Waals surface area contributed by atoms with Gasteiger partial charge in [0.25, 0.3) is 0 Å². The fourth-order valence-corrected chi connectivity index (χ4v) is 5.41. The molecule has 0 aliphatic carbocycles. The number of hydrogen-bond donors (Lipinski definition) is 0. The van der Waals surface area contributed by atoms with E-state index in [1.165, 1.54) is 11.1 Å². The second kappa shape index (κ2) is 14.1. The van der Waals surface area contributed by atoms with Crippen LogP contribution in [-0.4, -0.2) is 78.6 Å². The fraction of sp³-hybridized carbons (Fsp3) is 0.394. The maximum atomic E-state index is 12.8. The number of benzene rings is 2. The third kappa shape index (κ3) is 8.16. The Hall–Kier alpha value is -3.68. The van der Waals surface area contributed by atoms with Crippen molar-refractivity contribution in [3.8, 4) is 11.5 Å².